The van der Waals surface area contributed by atoms with E-state index >= 15 is 0 Å². The minimum absolute atomic E-state index is 0.0614. The van der Waals surface area contributed by atoms with E-state index in [1.165, 1.54) is 24.3 Å². The highest BCUT2D eigenvalue weighted by atomic mass is 35.5. The summed E-state index contributed by atoms with van der Waals surface area (Å²) in [6, 6.07) is 7.43. The molecule has 4 N–H and O–H groups in total. The van der Waals surface area contributed by atoms with E-state index in [1.54, 1.807) is 0 Å². The van der Waals surface area contributed by atoms with Gasteiger partial charge in [-0.2, -0.15) is 0 Å². The monoisotopic (exact) mass is 696 g/mol. The highest BCUT2D eigenvalue weighted by molar-refractivity contribution is 7.46. The third-order valence-electron chi connectivity index (χ3n) is 7.41. The molecule has 2 aromatic rings. The number of carbonyl (C=O) groups excluding carboxylic acids is 3. The average molecular weight is 697 g/mol. The zero-order chi connectivity index (χ0) is 32.8. The number of amides is 2. The molecule has 3 aliphatic carbocycles. The van der Waals surface area contributed by atoms with Crippen molar-refractivity contribution >= 4 is 49.0 Å². The number of nitrogens with one attached hydrogen (secondary N) is 2. The van der Waals surface area contributed by atoms with Gasteiger partial charge < -0.3 is 39.4 Å². The van der Waals surface area contributed by atoms with Crippen molar-refractivity contribution in [3.05, 3.63) is 58.1 Å². The lowest BCUT2D eigenvalue weighted by Gasteiger charge is -2.56. The second-order valence-corrected chi connectivity index (χ2v) is 12.5. The molecular formula is C27H29Cl2F2N2O11P. The molecule has 0 unspecified atom stereocenters. The summed E-state index contributed by atoms with van der Waals surface area (Å²) in [5.74, 6) is -2.40. The first kappa shape index (κ1) is 34.7. The SMILES string of the molecule is O=C(COc1ccc(Cl)c(F)c1)NC12CCC(NC(=O)COc3ccc(Cl)c(F)c3)(CC1)[C@@H](OC(=O)OCCOP(=O)(O)O)C2. The Labute approximate surface area is 265 Å². The maximum absolute atomic E-state index is 13.8. The molecule has 2 bridgehead atoms. The minimum Gasteiger partial charge on any atom is -0.484 e. The van der Waals surface area contributed by atoms with Crippen LogP contribution in [-0.2, 0) is 28.2 Å². The molecule has 3 aliphatic rings. The first-order valence-electron chi connectivity index (χ1n) is 13.5. The summed E-state index contributed by atoms with van der Waals surface area (Å²) in [5, 5.41) is 5.55. The first-order valence-corrected chi connectivity index (χ1v) is 15.8. The third kappa shape index (κ3) is 9.65. The number of halogens is 4. The van der Waals surface area contributed by atoms with Crippen LogP contribution in [0.3, 0.4) is 0 Å². The molecule has 0 heterocycles. The van der Waals surface area contributed by atoms with Gasteiger partial charge in [0.2, 0.25) is 0 Å². The summed E-state index contributed by atoms with van der Waals surface area (Å²) in [6.45, 7) is -2.08. The number of benzene rings is 2. The zero-order valence-electron chi connectivity index (χ0n) is 23.4. The standard InChI is InChI=1S/C27H29Cl2F2N2O11P/c28-18-3-1-16(11-20(18)30)41-14-23(34)32-26-5-7-27(8-6-26,22(13-26)44-25(36)40-9-10-43-45(37,38)39)33-24(35)15-42-17-2-4-19(29)21(31)12-17/h1-4,11-12,22H,5-10,13-15H2,(H,32,34)(H,33,35)(H2,37,38,39)/t22-,26?,27?/m0/s1. The van der Waals surface area contributed by atoms with Crippen LogP contribution in [0.4, 0.5) is 13.6 Å². The molecule has 0 saturated heterocycles. The molecule has 1 atom stereocenters. The fourth-order valence-electron chi connectivity index (χ4n) is 5.29. The van der Waals surface area contributed by atoms with Gasteiger partial charge in [0.15, 0.2) is 13.2 Å². The zero-order valence-corrected chi connectivity index (χ0v) is 25.8. The molecule has 0 aromatic heterocycles. The molecule has 0 spiro atoms. The fourth-order valence-corrected chi connectivity index (χ4v) is 5.84. The van der Waals surface area contributed by atoms with E-state index < -0.39 is 81.0 Å². The van der Waals surface area contributed by atoms with Crippen molar-refractivity contribution in [2.75, 3.05) is 26.4 Å². The molecular weight excluding hydrogens is 668 g/mol. The van der Waals surface area contributed by atoms with E-state index in [-0.39, 0.29) is 40.8 Å². The van der Waals surface area contributed by atoms with Gasteiger partial charge in [0.05, 0.1) is 22.2 Å². The van der Waals surface area contributed by atoms with E-state index in [0.29, 0.717) is 12.8 Å². The van der Waals surface area contributed by atoms with Crippen LogP contribution in [0.25, 0.3) is 0 Å². The molecule has 0 aliphatic heterocycles. The second-order valence-electron chi connectivity index (χ2n) is 10.5. The van der Waals surface area contributed by atoms with Crippen molar-refractivity contribution in [3.63, 3.8) is 0 Å². The lowest BCUT2D eigenvalue weighted by atomic mass is 9.59. The Bertz CT molecular complexity index is 1470. The molecule has 13 nitrogen and oxygen atoms in total. The van der Waals surface area contributed by atoms with Gasteiger partial charge in [0, 0.05) is 24.1 Å². The van der Waals surface area contributed by atoms with Crippen molar-refractivity contribution in [1.29, 1.82) is 0 Å². The van der Waals surface area contributed by atoms with Crippen molar-refractivity contribution in [2.45, 2.75) is 49.3 Å². The minimum atomic E-state index is -4.78. The van der Waals surface area contributed by atoms with Crippen LogP contribution in [0.2, 0.25) is 10.0 Å². The lowest BCUT2D eigenvalue weighted by molar-refractivity contribution is -0.139. The number of fused-ring (bicyclic) bond motifs is 3. The van der Waals surface area contributed by atoms with Crippen molar-refractivity contribution < 1.29 is 61.0 Å². The van der Waals surface area contributed by atoms with E-state index in [9.17, 15) is 27.7 Å². The Balaban J connectivity index is 1.40. The summed E-state index contributed by atoms with van der Waals surface area (Å²) in [4.78, 5) is 55.9. The highest BCUT2D eigenvalue weighted by Gasteiger charge is 2.57. The second kappa shape index (κ2) is 14.5. The number of phosphoric acid groups is 1. The summed E-state index contributed by atoms with van der Waals surface area (Å²) in [7, 11) is -4.78. The van der Waals surface area contributed by atoms with Gasteiger partial charge in [-0.05, 0) is 49.9 Å². The number of rotatable bonds is 13. The normalized spacial score (nSPS) is 22.3. The van der Waals surface area contributed by atoms with Gasteiger partial charge in [-0.25, -0.2) is 18.1 Å². The van der Waals surface area contributed by atoms with Gasteiger partial charge in [0.25, 0.3) is 11.8 Å². The van der Waals surface area contributed by atoms with Gasteiger partial charge in [-0.1, -0.05) is 23.2 Å². The molecule has 45 heavy (non-hydrogen) atoms. The molecule has 2 amide bonds. The van der Waals surface area contributed by atoms with Crippen molar-refractivity contribution in [2.24, 2.45) is 0 Å². The fraction of sp³-hybridized carbons (Fsp3) is 0.444. The maximum atomic E-state index is 13.8. The van der Waals surface area contributed by atoms with Crippen LogP contribution < -0.4 is 20.1 Å². The molecule has 5 rings (SSSR count). The van der Waals surface area contributed by atoms with E-state index in [1.807, 2.05) is 0 Å². The van der Waals surface area contributed by atoms with Crippen LogP contribution in [0, 0.1) is 11.6 Å². The summed E-state index contributed by atoms with van der Waals surface area (Å²) in [6.07, 6.45) is -0.872. The van der Waals surface area contributed by atoms with Gasteiger partial charge >= 0.3 is 14.0 Å². The molecule has 246 valence electrons. The van der Waals surface area contributed by atoms with Crippen LogP contribution in [-0.4, -0.2) is 71.4 Å². The third-order valence-corrected chi connectivity index (χ3v) is 8.54. The van der Waals surface area contributed by atoms with Crippen LogP contribution in [0.15, 0.2) is 36.4 Å². The number of carbonyl (C=O) groups is 3. The Kier molecular flexibility index (Phi) is 11.2. The molecule has 18 heteroatoms. The van der Waals surface area contributed by atoms with Crippen LogP contribution in [0.5, 0.6) is 11.5 Å². The van der Waals surface area contributed by atoms with Gasteiger partial charge in [-0.15, -0.1) is 0 Å². The summed E-state index contributed by atoms with van der Waals surface area (Å²) < 4.78 is 63.8. The van der Waals surface area contributed by atoms with E-state index in [0.717, 1.165) is 12.1 Å². The predicted octanol–water partition coefficient (Wildman–Crippen LogP) is 4.05. The van der Waals surface area contributed by atoms with Gasteiger partial charge in [0.1, 0.15) is 35.8 Å². The maximum Gasteiger partial charge on any atom is 0.508 e. The van der Waals surface area contributed by atoms with Gasteiger partial charge in [-0.3, -0.25) is 14.1 Å². The number of hydrogen-bond donors (Lipinski definition) is 4. The van der Waals surface area contributed by atoms with Crippen molar-refractivity contribution in [1.82, 2.24) is 10.6 Å². The summed E-state index contributed by atoms with van der Waals surface area (Å²) >= 11 is 11.3. The lowest BCUT2D eigenvalue weighted by Crippen LogP contribution is -2.71. The Morgan fingerprint density at radius 3 is 1.91 bits per heavy atom. The van der Waals surface area contributed by atoms with E-state index in [2.05, 4.69) is 15.2 Å². The van der Waals surface area contributed by atoms with Crippen LogP contribution >= 0.6 is 31.0 Å². The first-order chi connectivity index (χ1) is 21.2. The largest absolute Gasteiger partial charge is 0.508 e. The molecule has 3 fully saturated rings. The Morgan fingerprint density at radius 1 is 0.867 bits per heavy atom. The number of hydrogen-bond acceptors (Lipinski definition) is 9. The predicted molar refractivity (Wildman–Crippen MR) is 153 cm³/mol. The molecule has 0 radical (unpaired) electrons. The highest BCUT2D eigenvalue weighted by Crippen LogP contribution is 2.48. The van der Waals surface area contributed by atoms with Crippen LogP contribution in [0.1, 0.15) is 32.1 Å². The Morgan fingerprint density at radius 2 is 1.40 bits per heavy atom. The summed E-state index contributed by atoms with van der Waals surface area (Å²) in [5.41, 5.74) is -1.94. The molecule has 2 aromatic carbocycles. The Hall–Kier alpha value is -3.20. The quantitative estimate of drug-likeness (QED) is 0.135. The van der Waals surface area contributed by atoms with E-state index in [4.69, 9.17) is 51.9 Å². The molecule has 3 saturated carbocycles. The number of ether oxygens (including phenoxy) is 4. The number of phosphoric ester groups is 1. The average Bonchev–Trinajstić information content (AvgIpc) is 2.97. The van der Waals surface area contributed by atoms with Crippen molar-refractivity contribution in [3.8, 4) is 11.5 Å². The smallest absolute Gasteiger partial charge is 0.484 e. The topological polar surface area (TPSA) is 179 Å².